The van der Waals surface area contributed by atoms with Crippen molar-refractivity contribution in [3.8, 4) is 0 Å². The number of hydrogen-bond acceptors (Lipinski definition) is 0. The largest absolute Gasteiger partial charge is 2.00 e. The summed E-state index contributed by atoms with van der Waals surface area (Å²) in [7, 11) is 0. The molecule has 0 unspecified atom stereocenters. The van der Waals surface area contributed by atoms with Crippen LogP contribution in [0.25, 0.3) is 0 Å². The van der Waals surface area contributed by atoms with Crippen molar-refractivity contribution in [3.63, 3.8) is 0 Å². The molecule has 0 N–H and O–H groups in total. The van der Waals surface area contributed by atoms with Crippen LogP contribution in [0.5, 0.6) is 0 Å². The first-order chi connectivity index (χ1) is 5.00. The van der Waals surface area contributed by atoms with Gasteiger partial charge in [-0.1, -0.05) is 64.2 Å². The molecule has 0 radical (unpaired) electrons. The van der Waals surface area contributed by atoms with Crippen LogP contribution in [0.4, 0.5) is 0 Å². The Morgan fingerprint density at radius 3 is 0.455 bits per heavy atom. The number of hydrogen-bond donors (Lipinski definition) is 0. The summed E-state index contributed by atoms with van der Waals surface area (Å²) in [5.74, 6) is 0. The van der Waals surface area contributed by atoms with Gasteiger partial charge in [-0.15, -0.1) is 0 Å². The molecule has 0 heterocycles. The molecule has 2 rings (SSSR count). The molecule has 2 fully saturated rings. The van der Waals surface area contributed by atoms with E-state index < -0.39 is 0 Å². The summed E-state index contributed by atoms with van der Waals surface area (Å²) >= 11 is 0. The topological polar surface area (TPSA) is 0 Å². The molecule has 0 aromatic rings. The Morgan fingerprint density at radius 1 is 0.273 bits per heavy atom. The molecule has 0 spiro atoms. The molecule has 0 nitrogen and oxygen atoms in total. The van der Waals surface area contributed by atoms with Crippen LogP contribution in [0.15, 0.2) is 0 Å². The molecule has 62 valence electrons. The van der Waals surface area contributed by atoms with Gasteiger partial charge in [-0.25, -0.2) is 0 Å². The third kappa shape index (κ3) is 7.09. The van der Waals surface area contributed by atoms with Gasteiger partial charge in [0.1, 0.15) is 0 Å². The van der Waals surface area contributed by atoms with Gasteiger partial charge in [0.05, 0.1) is 0 Å². The van der Waals surface area contributed by atoms with Crippen LogP contribution in [0.1, 0.15) is 64.2 Å². The van der Waals surface area contributed by atoms with Gasteiger partial charge in [0, 0.05) is 0 Å². The molecule has 2 aliphatic rings. The normalized spacial score (nSPS) is 21.8. The van der Waals surface area contributed by atoms with Crippen LogP contribution in [-0.2, 0) is 21.7 Å². The fourth-order valence-electron chi connectivity index (χ4n) is 1.77. The molecule has 0 aromatic heterocycles. The van der Waals surface area contributed by atoms with Crippen molar-refractivity contribution in [2.45, 2.75) is 64.2 Å². The maximum Gasteiger partial charge on any atom is 2.00 e. The van der Waals surface area contributed by atoms with Gasteiger partial charge in [0.25, 0.3) is 0 Å². The summed E-state index contributed by atoms with van der Waals surface area (Å²) in [6, 6.07) is 0. The van der Waals surface area contributed by atoms with Crippen LogP contribution in [0, 0.1) is 0 Å². The standard InChI is InChI=1S/2C5H10.Ti/c2*1-2-4-5-3-1;/h2*1-5H2;/q;;+2. The Balaban J connectivity index is 0.000000167. The molecule has 1 heteroatoms. The van der Waals surface area contributed by atoms with Crippen LogP contribution >= 0.6 is 0 Å². The van der Waals surface area contributed by atoms with Crippen molar-refractivity contribution >= 4 is 0 Å². The van der Waals surface area contributed by atoms with Gasteiger partial charge in [0.15, 0.2) is 0 Å². The van der Waals surface area contributed by atoms with E-state index in [4.69, 9.17) is 0 Å². The van der Waals surface area contributed by atoms with Gasteiger partial charge >= 0.3 is 21.7 Å². The summed E-state index contributed by atoms with van der Waals surface area (Å²) in [5, 5.41) is 0. The molecule has 2 saturated carbocycles. The van der Waals surface area contributed by atoms with Gasteiger partial charge in [-0.05, 0) is 0 Å². The molecular formula is C10H20Ti+2. The van der Waals surface area contributed by atoms with E-state index in [1.54, 1.807) is 0 Å². The Bertz CT molecular complexity index is 38.1. The molecule has 0 aliphatic heterocycles. The predicted octanol–water partition coefficient (Wildman–Crippen LogP) is 3.90. The van der Waals surface area contributed by atoms with E-state index in [1.165, 1.54) is 64.2 Å². The second-order valence-electron chi connectivity index (χ2n) is 3.54. The zero-order chi connectivity index (χ0) is 7.07. The van der Waals surface area contributed by atoms with E-state index in [-0.39, 0.29) is 21.7 Å². The minimum absolute atomic E-state index is 0. The zero-order valence-corrected chi connectivity index (χ0v) is 9.13. The van der Waals surface area contributed by atoms with Gasteiger partial charge < -0.3 is 0 Å². The summed E-state index contributed by atoms with van der Waals surface area (Å²) in [6.45, 7) is 0. The van der Waals surface area contributed by atoms with E-state index in [9.17, 15) is 0 Å². The first kappa shape index (κ1) is 11.7. The summed E-state index contributed by atoms with van der Waals surface area (Å²) < 4.78 is 0. The Morgan fingerprint density at radius 2 is 0.364 bits per heavy atom. The fourth-order valence-corrected chi connectivity index (χ4v) is 1.77. The molecule has 2 aliphatic carbocycles. The van der Waals surface area contributed by atoms with Crippen LogP contribution in [0.2, 0.25) is 0 Å². The van der Waals surface area contributed by atoms with Crippen LogP contribution < -0.4 is 0 Å². The zero-order valence-electron chi connectivity index (χ0n) is 7.57. The molecule has 0 aromatic carbocycles. The van der Waals surface area contributed by atoms with Crippen molar-refractivity contribution < 1.29 is 21.7 Å². The molecule has 0 atom stereocenters. The minimum atomic E-state index is 0. The first-order valence-corrected chi connectivity index (χ1v) is 5.00. The molecule has 11 heavy (non-hydrogen) atoms. The van der Waals surface area contributed by atoms with Crippen molar-refractivity contribution in [1.29, 1.82) is 0 Å². The van der Waals surface area contributed by atoms with Crippen LogP contribution in [-0.4, -0.2) is 0 Å². The third-order valence-corrected chi connectivity index (χ3v) is 2.50. The van der Waals surface area contributed by atoms with E-state index >= 15 is 0 Å². The maximum atomic E-state index is 1.50. The number of rotatable bonds is 0. The van der Waals surface area contributed by atoms with E-state index in [0.29, 0.717) is 0 Å². The smallest absolute Gasteiger partial charge is 0.0533 e. The Hall–Kier alpha value is 0.714. The second-order valence-corrected chi connectivity index (χ2v) is 3.54. The molecule has 0 saturated heterocycles. The average molecular weight is 188 g/mol. The Kier molecular flexibility index (Phi) is 9.38. The summed E-state index contributed by atoms with van der Waals surface area (Å²) in [5.41, 5.74) is 0. The summed E-state index contributed by atoms with van der Waals surface area (Å²) in [6.07, 6.45) is 15.0. The monoisotopic (exact) mass is 188 g/mol. The Labute approximate surface area is 86.0 Å². The van der Waals surface area contributed by atoms with Crippen molar-refractivity contribution in [1.82, 2.24) is 0 Å². The average Bonchev–Trinajstić information content (AvgIpc) is 2.67. The van der Waals surface area contributed by atoms with Gasteiger partial charge in [-0.2, -0.15) is 0 Å². The second kappa shape index (κ2) is 8.81. The van der Waals surface area contributed by atoms with E-state index in [0.717, 1.165) is 0 Å². The first-order valence-electron chi connectivity index (χ1n) is 5.00. The SMILES string of the molecule is C1CCCC1.C1CCCC1.[Ti+2]. The maximum absolute atomic E-state index is 1.50. The minimum Gasteiger partial charge on any atom is -0.0533 e. The van der Waals surface area contributed by atoms with Gasteiger partial charge in [0.2, 0.25) is 0 Å². The summed E-state index contributed by atoms with van der Waals surface area (Å²) in [4.78, 5) is 0. The molecular weight excluding hydrogens is 168 g/mol. The van der Waals surface area contributed by atoms with Crippen molar-refractivity contribution in [2.24, 2.45) is 0 Å². The quantitative estimate of drug-likeness (QED) is 0.506. The third-order valence-electron chi connectivity index (χ3n) is 2.50. The van der Waals surface area contributed by atoms with Crippen LogP contribution in [0.3, 0.4) is 0 Å². The van der Waals surface area contributed by atoms with E-state index in [2.05, 4.69) is 0 Å². The van der Waals surface area contributed by atoms with Gasteiger partial charge in [-0.3, -0.25) is 0 Å². The predicted molar refractivity (Wildman–Crippen MR) is 46.2 cm³/mol. The molecule has 0 amide bonds. The molecule has 0 bridgehead atoms. The van der Waals surface area contributed by atoms with Crippen molar-refractivity contribution in [3.05, 3.63) is 0 Å². The van der Waals surface area contributed by atoms with Crippen molar-refractivity contribution in [2.75, 3.05) is 0 Å². The van der Waals surface area contributed by atoms with E-state index in [1.807, 2.05) is 0 Å². The fraction of sp³-hybridized carbons (Fsp3) is 1.00.